The predicted molar refractivity (Wildman–Crippen MR) is 115 cm³/mol. The first-order valence-corrected chi connectivity index (χ1v) is 11.2. The van der Waals surface area contributed by atoms with E-state index in [1.807, 2.05) is 17.8 Å². The highest BCUT2D eigenvalue weighted by atomic mass is 32.2. The summed E-state index contributed by atoms with van der Waals surface area (Å²) in [6.45, 7) is 5.40. The Hall–Kier alpha value is -1.69. The van der Waals surface area contributed by atoms with Gasteiger partial charge < -0.3 is 14.8 Å². The molecule has 0 spiro atoms. The molecule has 2 aromatic carbocycles. The van der Waals surface area contributed by atoms with Gasteiger partial charge in [0.1, 0.15) is 17.6 Å². The van der Waals surface area contributed by atoms with E-state index in [9.17, 15) is 0 Å². The molecular formula is C23H30N2O2S. The van der Waals surface area contributed by atoms with Crippen molar-refractivity contribution in [3.63, 3.8) is 0 Å². The van der Waals surface area contributed by atoms with E-state index in [1.54, 1.807) is 7.11 Å². The Labute approximate surface area is 172 Å². The van der Waals surface area contributed by atoms with Crippen LogP contribution < -0.4 is 14.8 Å². The van der Waals surface area contributed by atoms with Crippen LogP contribution in [0.5, 0.6) is 11.5 Å². The molecule has 1 N–H and O–H groups in total. The normalized spacial score (nSPS) is 20.4. The number of para-hydroxylation sites is 1. The summed E-state index contributed by atoms with van der Waals surface area (Å²) in [4.78, 5) is 3.82. The third-order valence-corrected chi connectivity index (χ3v) is 6.81. The van der Waals surface area contributed by atoms with E-state index in [4.69, 9.17) is 9.47 Å². The molecule has 5 heteroatoms. The molecule has 2 aliphatic rings. The molecule has 0 aliphatic carbocycles. The maximum Gasteiger partial charge on any atom is 0.133 e. The highest BCUT2D eigenvalue weighted by Gasteiger charge is 2.22. The van der Waals surface area contributed by atoms with Crippen LogP contribution in [0.25, 0.3) is 0 Å². The topological polar surface area (TPSA) is 33.7 Å². The van der Waals surface area contributed by atoms with Crippen molar-refractivity contribution in [3.8, 4) is 11.5 Å². The van der Waals surface area contributed by atoms with Gasteiger partial charge in [-0.1, -0.05) is 24.3 Å². The first kappa shape index (κ1) is 19.6. The number of hydrogen-bond donors (Lipinski definition) is 1. The molecule has 0 saturated carbocycles. The zero-order valence-corrected chi connectivity index (χ0v) is 17.4. The number of piperidine rings is 1. The van der Waals surface area contributed by atoms with E-state index in [0.29, 0.717) is 0 Å². The van der Waals surface area contributed by atoms with Crippen molar-refractivity contribution in [2.24, 2.45) is 5.92 Å². The van der Waals surface area contributed by atoms with Gasteiger partial charge in [0, 0.05) is 23.7 Å². The second-order valence-corrected chi connectivity index (χ2v) is 8.79. The quantitative estimate of drug-likeness (QED) is 0.761. The summed E-state index contributed by atoms with van der Waals surface area (Å²) in [6, 6.07) is 16.8. The van der Waals surface area contributed by atoms with Crippen LogP contribution in [0.2, 0.25) is 0 Å². The summed E-state index contributed by atoms with van der Waals surface area (Å²) in [5.41, 5.74) is 1.34. The van der Waals surface area contributed by atoms with Crippen molar-refractivity contribution in [2.45, 2.75) is 30.4 Å². The van der Waals surface area contributed by atoms with Crippen LogP contribution in [-0.4, -0.2) is 50.0 Å². The third-order valence-electron chi connectivity index (χ3n) is 5.62. The smallest absolute Gasteiger partial charge is 0.133 e. The SMILES string of the molecule is COc1cccc(CN2CCC(CNCC3CSc4ccccc4O3)CC2)c1. The van der Waals surface area contributed by atoms with E-state index in [0.717, 1.165) is 42.8 Å². The molecule has 0 amide bonds. The molecule has 2 heterocycles. The summed E-state index contributed by atoms with van der Waals surface area (Å²) in [6.07, 6.45) is 2.80. The van der Waals surface area contributed by atoms with Gasteiger partial charge in [-0.15, -0.1) is 11.8 Å². The van der Waals surface area contributed by atoms with Gasteiger partial charge in [0.2, 0.25) is 0 Å². The number of rotatable bonds is 7. The van der Waals surface area contributed by atoms with Crippen molar-refractivity contribution in [1.29, 1.82) is 0 Å². The maximum absolute atomic E-state index is 6.12. The van der Waals surface area contributed by atoms with Crippen molar-refractivity contribution < 1.29 is 9.47 Å². The first-order valence-electron chi connectivity index (χ1n) is 10.2. The van der Waals surface area contributed by atoms with Crippen molar-refractivity contribution in [2.75, 3.05) is 39.0 Å². The van der Waals surface area contributed by atoms with Crippen molar-refractivity contribution in [3.05, 3.63) is 54.1 Å². The summed E-state index contributed by atoms with van der Waals surface area (Å²) in [5.74, 6) is 3.78. The summed E-state index contributed by atoms with van der Waals surface area (Å²) >= 11 is 1.91. The Balaban J connectivity index is 1.15. The molecule has 150 valence electrons. The van der Waals surface area contributed by atoms with E-state index in [-0.39, 0.29) is 6.10 Å². The van der Waals surface area contributed by atoms with Crippen LogP contribution in [0.1, 0.15) is 18.4 Å². The Morgan fingerprint density at radius 2 is 1.96 bits per heavy atom. The minimum atomic E-state index is 0.271. The molecule has 1 fully saturated rings. The van der Waals surface area contributed by atoms with Gasteiger partial charge in [-0.2, -0.15) is 0 Å². The predicted octanol–water partition coefficient (Wildman–Crippen LogP) is 4.05. The fourth-order valence-corrected chi connectivity index (χ4v) is 4.97. The number of ether oxygens (including phenoxy) is 2. The summed E-state index contributed by atoms with van der Waals surface area (Å²) in [5, 5.41) is 3.66. The van der Waals surface area contributed by atoms with Crippen LogP contribution >= 0.6 is 11.8 Å². The molecule has 0 aromatic heterocycles. The van der Waals surface area contributed by atoms with Crippen LogP contribution in [-0.2, 0) is 6.54 Å². The molecule has 0 radical (unpaired) electrons. The lowest BCUT2D eigenvalue weighted by Gasteiger charge is -2.32. The minimum absolute atomic E-state index is 0.271. The van der Waals surface area contributed by atoms with Crippen LogP contribution in [0, 0.1) is 5.92 Å². The highest BCUT2D eigenvalue weighted by Crippen LogP contribution is 2.34. The molecule has 28 heavy (non-hydrogen) atoms. The average Bonchev–Trinajstić information content (AvgIpc) is 2.75. The van der Waals surface area contributed by atoms with Crippen LogP contribution in [0.15, 0.2) is 53.4 Å². The van der Waals surface area contributed by atoms with E-state index in [1.165, 1.54) is 36.4 Å². The molecule has 1 unspecified atom stereocenters. The number of nitrogens with one attached hydrogen (secondary N) is 1. The monoisotopic (exact) mass is 398 g/mol. The van der Waals surface area contributed by atoms with Crippen molar-refractivity contribution >= 4 is 11.8 Å². The average molecular weight is 399 g/mol. The number of nitrogens with zero attached hydrogens (tertiary/aromatic N) is 1. The molecule has 2 aromatic rings. The van der Waals surface area contributed by atoms with Gasteiger partial charge in [-0.25, -0.2) is 0 Å². The Bertz CT molecular complexity index is 762. The third kappa shape index (κ3) is 5.22. The van der Waals surface area contributed by atoms with E-state index >= 15 is 0 Å². The number of likely N-dealkylation sites (tertiary alicyclic amines) is 1. The Kier molecular flexibility index (Phi) is 6.78. The number of fused-ring (bicyclic) bond motifs is 1. The molecular weight excluding hydrogens is 368 g/mol. The van der Waals surface area contributed by atoms with E-state index in [2.05, 4.69) is 52.7 Å². The second kappa shape index (κ2) is 9.68. The van der Waals surface area contributed by atoms with Gasteiger partial charge in [-0.05, 0) is 68.2 Å². The molecule has 2 aliphatic heterocycles. The number of thioether (sulfide) groups is 1. The van der Waals surface area contributed by atoms with Crippen molar-refractivity contribution in [1.82, 2.24) is 10.2 Å². The van der Waals surface area contributed by atoms with Gasteiger partial charge in [0.25, 0.3) is 0 Å². The maximum atomic E-state index is 6.12. The molecule has 0 bridgehead atoms. The molecule has 4 nitrogen and oxygen atoms in total. The van der Waals surface area contributed by atoms with Gasteiger partial charge in [-0.3, -0.25) is 4.90 Å². The summed E-state index contributed by atoms with van der Waals surface area (Å²) < 4.78 is 11.5. The second-order valence-electron chi connectivity index (χ2n) is 7.73. The van der Waals surface area contributed by atoms with Crippen LogP contribution in [0.4, 0.5) is 0 Å². The number of benzene rings is 2. The van der Waals surface area contributed by atoms with E-state index < -0.39 is 0 Å². The highest BCUT2D eigenvalue weighted by molar-refractivity contribution is 7.99. The zero-order chi connectivity index (χ0) is 19.2. The zero-order valence-electron chi connectivity index (χ0n) is 16.6. The largest absolute Gasteiger partial charge is 0.497 e. The Morgan fingerprint density at radius 1 is 1.11 bits per heavy atom. The minimum Gasteiger partial charge on any atom is -0.497 e. The summed E-state index contributed by atoms with van der Waals surface area (Å²) in [7, 11) is 1.73. The molecule has 1 atom stereocenters. The van der Waals surface area contributed by atoms with Gasteiger partial charge >= 0.3 is 0 Å². The molecule has 1 saturated heterocycles. The fraction of sp³-hybridized carbons (Fsp3) is 0.478. The standard InChI is InChI=1S/C23H30N2O2S/c1-26-20-6-4-5-19(13-20)16-25-11-9-18(10-12-25)14-24-15-21-17-28-23-8-3-2-7-22(23)27-21/h2-8,13,18,21,24H,9-12,14-17H2,1H3. The first-order chi connectivity index (χ1) is 13.8. The number of hydrogen-bond acceptors (Lipinski definition) is 5. The lowest BCUT2D eigenvalue weighted by atomic mass is 9.96. The Morgan fingerprint density at radius 3 is 2.82 bits per heavy atom. The van der Waals surface area contributed by atoms with Gasteiger partial charge in [0.05, 0.1) is 7.11 Å². The number of methoxy groups -OCH3 is 1. The van der Waals surface area contributed by atoms with Crippen LogP contribution in [0.3, 0.4) is 0 Å². The van der Waals surface area contributed by atoms with Gasteiger partial charge in [0.15, 0.2) is 0 Å². The fourth-order valence-electron chi connectivity index (χ4n) is 3.99. The lowest BCUT2D eigenvalue weighted by Crippen LogP contribution is -2.40. The molecule has 4 rings (SSSR count). The lowest BCUT2D eigenvalue weighted by molar-refractivity contribution is 0.168.